The van der Waals surface area contributed by atoms with E-state index in [9.17, 15) is 4.79 Å². The third-order valence-electron chi connectivity index (χ3n) is 3.99. The predicted molar refractivity (Wildman–Crippen MR) is 92.8 cm³/mol. The molecule has 114 valence electrons. The maximum Gasteiger partial charge on any atom is 0.225 e. The van der Waals surface area contributed by atoms with Gasteiger partial charge in [-0.2, -0.15) is 0 Å². The van der Waals surface area contributed by atoms with Crippen LogP contribution in [-0.4, -0.2) is 23.9 Å². The molecule has 1 aliphatic rings. The molecule has 0 atom stereocenters. The fourth-order valence-electron chi connectivity index (χ4n) is 2.76. The van der Waals surface area contributed by atoms with Gasteiger partial charge in [0.2, 0.25) is 5.91 Å². The molecule has 3 rings (SSSR count). The van der Waals surface area contributed by atoms with Crippen LogP contribution in [0.1, 0.15) is 17.5 Å². The molecule has 1 heterocycles. The van der Waals surface area contributed by atoms with Crippen LogP contribution in [0.25, 0.3) is 0 Å². The molecular weight excluding hydrogens is 340 g/mol. The van der Waals surface area contributed by atoms with E-state index < -0.39 is 0 Å². The number of nitrogens with zero attached hydrogens (tertiary/aromatic N) is 1. The highest BCUT2D eigenvalue weighted by Gasteiger charge is 2.16. The van der Waals surface area contributed by atoms with Crippen molar-refractivity contribution in [3.63, 3.8) is 0 Å². The third-order valence-corrected chi connectivity index (χ3v) is 4.52. The van der Waals surface area contributed by atoms with Crippen LogP contribution in [0.2, 0.25) is 0 Å². The van der Waals surface area contributed by atoms with Crippen LogP contribution in [0.3, 0.4) is 0 Å². The first-order valence-electron chi connectivity index (χ1n) is 7.55. The molecule has 0 aliphatic carbocycles. The Morgan fingerprint density at radius 2 is 1.82 bits per heavy atom. The molecule has 22 heavy (non-hydrogen) atoms. The van der Waals surface area contributed by atoms with E-state index in [2.05, 4.69) is 50.4 Å². The monoisotopic (exact) mass is 358 g/mol. The van der Waals surface area contributed by atoms with Crippen molar-refractivity contribution in [3.8, 4) is 0 Å². The van der Waals surface area contributed by atoms with Gasteiger partial charge in [-0.1, -0.05) is 40.2 Å². The first-order valence-corrected chi connectivity index (χ1v) is 8.34. The molecule has 0 fully saturated rings. The average Bonchev–Trinajstić information content (AvgIpc) is 2.55. The number of hydrogen-bond donors (Lipinski definition) is 1. The van der Waals surface area contributed by atoms with Gasteiger partial charge in [0.25, 0.3) is 0 Å². The minimum absolute atomic E-state index is 0.0705. The summed E-state index contributed by atoms with van der Waals surface area (Å²) in [7, 11) is 0. The molecule has 0 bridgehead atoms. The second-order valence-electron chi connectivity index (χ2n) is 5.60. The topological polar surface area (TPSA) is 32.3 Å². The highest BCUT2D eigenvalue weighted by molar-refractivity contribution is 9.10. The molecule has 2 aromatic carbocycles. The van der Waals surface area contributed by atoms with Crippen molar-refractivity contribution in [1.82, 2.24) is 4.90 Å². The largest absolute Gasteiger partial charge is 0.326 e. The van der Waals surface area contributed by atoms with Crippen molar-refractivity contribution in [2.45, 2.75) is 19.4 Å². The van der Waals surface area contributed by atoms with Crippen molar-refractivity contribution in [2.75, 3.05) is 18.4 Å². The first kappa shape index (κ1) is 15.3. The van der Waals surface area contributed by atoms with E-state index in [0.29, 0.717) is 6.42 Å². The zero-order valence-electron chi connectivity index (χ0n) is 12.4. The van der Waals surface area contributed by atoms with Crippen LogP contribution < -0.4 is 5.32 Å². The lowest BCUT2D eigenvalue weighted by Crippen LogP contribution is -2.33. The second kappa shape index (κ2) is 7.07. The van der Waals surface area contributed by atoms with Gasteiger partial charge < -0.3 is 5.32 Å². The lowest BCUT2D eigenvalue weighted by Gasteiger charge is -2.28. The lowest BCUT2D eigenvalue weighted by molar-refractivity contribution is -0.116. The van der Waals surface area contributed by atoms with Crippen molar-refractivity contribution in [2.24, 2.45) is 0 Å². The summed E-state index contributed by atoms with van der Waals surface area (Å²) in [6.45, 7) is 2.78. The summed E-state index contributed by atoms with van der Waals surface area (Å²) >= 11 is 3.39. The summed E-state index contributed by atoms with van der Waals surface area (Å²) in [6, 6.07) is 16.2. The van der Waals surface area contributed by atoms with Gasteiger partial charge >= 0.3 is 0 Å². The van der Waals surface area contributed by atoms with Gasteiger partial charge in [-0.15, -0.1) is 0 Å². The molecule has 4 heteroatoms. The zero-order valence-corrected chi connectivity index (χ0v) is 14.0. The number of hydrogen-bond acceptors (Lipinski definition) is 2. The van der Waals surface area contributed by atoms with Crippen LogP contribution in [-0.2, 0) is 17.8 Å². The fraction of sp³-hybridized carbons (Fsp3) is 0.278. The summed E-state index contributed by atoms with van der Waals surface area (Å²) in [5.41, 5.74) is 3.68. The summed E-state index contributed by atoms with van der Waals surface area (Å²) in [6.07, 6.45) is 1.60. The molecule has 0 spiro atoms. The molecule has 0 unspecified atom stereocenters. The van der Waals surface area contributed by atoms with E-state index in [0.717, 1.165) is 36.2 Å². The normalized spacial score (nSPS) is 14.4. The number of anilines is 1. The van der Waals surface area contributed by atoms with E-state index in [1.807, 2.05) is 24.3 Å². The maximum atomic E-state index is 12.0. The Morgan fingerprint density at radius 3 is 2.59 bits per heavy atom. The predicted octanol–water partition coefficient (Wildman–Crippen LogP) is 3.84. The Labute approximate surface area is 139 Å². The molecule has 2 aromatic rings. The number of carbonyl (C=O) groups is 1. The highest BCUT2D eigenvalue weighted by atomic mass is 79.9. The van der Waals surface area contributed by atoms with E-state index in [4.69, 9.17) is 0 Å². The number of amides is 1. The maximum absolute atomic E-state index is 12.0. The Bertz CT molecular complexity index is 654. The molecule has 1 N–H and O–H groups in total. The van der Waals surface area contributed by atoms with E-state index in [1.165, 1.54) is 11.1 Å². The standard InChI is InChI=1S/C18H19BrN2O/c19-16-5-7-17(8-6-16)20-18(22)10-12-21-11-9-14-3-1-2-4-15(14)13-21/h1-8H,9-13H2,(H,20,22). The Kier molecular flexibility index (Phi) is 4.90. The van der Waals surface area contributed by atoms with Crippen LogP contribution in [0, 0.1) is 0 Å². The Balaban J connectivity index is 1.49. The van der Waals surface area contributed by atoms with Crippen LogP contribution in [0.15, 0.2) is 53.0 Å². The summed E-state index contributed by atoms with van der Waals surface area (Å²) in [5, 5.41) is 2.94. The molecule has 0 saturated heterocycles. The summed E-state index contributed by atoms with van der Waals surface area (Å²) in [4.78, 5) is 14.4. The summed E-state index contributed by atoms with van der Waals surface area (Å²) in [5.74, 6) is 0.0705. The van der Waals surface area contributed by atoms with Gasteiger partial charge in [-0.3, -0.25) is 9.69 Å². The molecular formula is C18H19BrN2O. The van der Waals surface area contributed by atoms with E-state index in [-0.39, 0.29) is 5.91 Å². The summed E-state index contributed by atoms with van der Waals surface area (Å²) < 4.78 is 1.01. The van der Waals surface area contributed by atoms with Crippen LogP contribution >= 0.6 is 15.9 Å². The minimum Gasteiger partial charge on any atom is -0.326 e. The smallest absolute Gasteiger partial charge is 0.225 e. The molecule has 1 aliphatic heterocycles. The quantitative estimate of drug-likeness (QED) is 0.900. The first-order chi connectivity index (χ1) is 10.7. The van der Waals surface area contributed by atoms with Gasteiger partial charge in [0.15, 0.2) is 0 Å². The van der Waals surface area contributed by atoms with Crippen molar-refractivity contribution >= 4 is 27.5 Å². The van der Waals surface area contributed by atoms with Gasteiger partial charge in [0, 0.05) is 36.2 Å². The van der Waals surface area contributed by atoms with Gasteiger partial charge in [-0.05, 0) is 41.8 Å². The highest BCUT2D eigenvalue weighted by Crippen LogP contribution is 2.19. The zero-order chi connectivity index (χ0) is 15.4. The van der Waals surface area contributed by atoms with Crippen molar-refractivity contribution in [1.29, 1.82) is 0 Å². The number of nitrogens with one attached hydrogen (secondary N) is 1. The van der Waals surface area contributed by atoms with E-state index >= 15 is 0 Å². The van der Waals surface area contributed by atoms with Crippen LogP contribution in [0.5, 0.6) is 0 Å². The molecule has 3 nitrogen and oxygen atoms in total. The molecule has 0 saturated carbocycles. The number of fused-ring (bicyclic) bond motifs is 1. The fourth-order valence-corrected chi connectivity index (χ4v) is 3.03. The van der Waals surface area contributed by atoms with E-state index in [1.54, 1.807) is 0 Å². The number of carbonyl (C=O) groups excluding carboxylic acids is 1. The molecule has 0 aromatic heterocycles. The lowest BCUT2D eigenvalue weighted by atomic mass is 10.00. The van der Waals surface area contributed by atoms with Crippen LogP contribution in [0.4, 0.5) is 5.69 Å². The molecule has 1 amide bonds. The SMILES string of the molecule is O=C(CCN1CCc2ccccc2C1)Nc1ccc(Br)cc1. The third kappa shape index (κ3) is 3.96. The van der Waals surface area contributed by atoms with Gasteiger partial charge in [0.05, 0.1) is 0 Å². The second-order valence-corrected chi connectivity index (χ2v) is 6.52. The van der Waals surface area contributed by atoms with Gasteiger partial charge in [0.1, 0.15) is 0 Å². The van der Waals surface area contributed by atoms with Crippen molar-refractivity contribution in [3.05, 3.63) is 64.1 Å². The Morgan fingerprint density at radius 1 is 1.09 bits per heavy atom. The average molecular weight is 359 g/mol. The molecule has 0 radical (unpaired) electrons. The van der Waals surface area contributed by atoms with Gasteiger partial charge in [-0.25, -0.2) is 0 Å². The Hall–Kier alpha value is -1.65. The number of halogens is 1. The number of rotatable bonds is 4. The van der Waals surface area contributed by atoms with Crippen molar-refractivity contribution < 1.29 is 4.79 Å². The number of benzene rings is 2. The minimum atomic E-state index is 0.0705.